The molecule has 7 nitrogen and oxygen atoms in total. The molecular formula is C22H21FN4O3. The molecule has 5 rings (SSSR count). The number of nitrogens with one attached hydrogen (secondary N) is 1. The lowest BCUT2D eigenvalue weighted by Crippen LogP contribution is -2.40. The Morgan fingerprint density at radius 1 is 1.10 bits per heavy atom. The van der Waals surface area contributed by atoms with Gasteiger partial charge in [-0.05, 0) is 43.2 Å². The molecule has 1 N–H and O–H groups in total. The Morgan fingerprint density at radius 3 is 2.87 bits per heavy atom. The van der Waals surface area contributed by atoms with Gasteiger partial charge in [0.1, 0.15) is 18.2 Å². The van der Waals surface area contributed by atoms with Crippen LogP contribution in [0.2, 0.25) is 0 Å². The Balaban J connectivity index is 1.37. The summed E-state index contributed by atoms with van der Waals surface area (Å²) in [5.41, 5.74) is 0.782. The highest BCUT2D eigenvalue weighted by molar-refractivity contribution is 5.95. The first-order valence-electron chi connectivity index (χ1n) is 10.1. The van der Waals surface area contributed by atoms with Crippen LogP contribution in [0.5, 0.6) is 11.5 Å². The van der Waals surface area contributed by atoms with Crippen molar-refractivity contribution in [2.24, 2.45) is 0 Å². The van der Waals surface area contributed by atoms with E-state index in [0.29, 0.717) is 22.9 Å². The molecule has 8 heteroatoms. The quantitative estimate of drug-likeness (QED) is 0.717. The molecule has 0 fully saturated rings. The summed E-state index contributed by atoms with van der Waals surface area (Å²) in [7, 11) is 0. The molecule has 1 amide bonds. The minimum absolute atomic E-state index is 0.0574. The molecule has 0 aliphatic carbocycles. The summed E-state index contributed by atoms with van der Waals surface area (Å²) < 4.78 is 27.8. The average molecular weight is 408 g/mol. The highest BCUT2D eigenvalue weighted by Crippen LogP contribution is 2.32. The van der Waals surface area contributed by atoms with Crippen molar-refractivity contribution in [3.8, 4) is 22.9 Å². The number of hydrogen-bond donors (Lipinski definition) is 1. The zero-order chi connectivity index (χ0) is 20.5. The Labute approximate surface area is 172 Å². The third kappa shape index (κ3) is 3.49. The number of carbonyl (C=O) groups is 1. The molecule has 30 heavy (non-hydrogen) atoms. The normalized spacial score (nSPS) is 17.7. The highest BCUT2D eigenvalue weighted by atomic mass is 19.1. The fourth-order valence-corrected chi connectivity index (χ4v) is 3.82. The Hall–Kier alpha value is -3.42. The van der Waals surface area contributed by atoms with Crippen molar-refractivity contribution in [3.63, 3.8) is 0 Å². The third-order valence-electron chi connectivity index (χ3n) is 5.39. The van der Waals surface area contributed by atoms with Gasteiger partial charge >= 0.3 is 0 Å². The van der Waals surface area contributed by atoms with E-state index < -0.39 is 17.8 Å². The molecule has 0 saturated heterocycles. The largest absolute Gasteiger partial charge is 0.485 e. The van der Waals surface area contributed by atoms with E-state index in [0.717, 1.165) is 38.1 Å². The third-order valence-corrected chi connectivity index (χ3v) is 5.39. The second kappa shape index (κ2) is 7.78. The van der Waals surface area contributed by atoms with Gasteiger partial charge in [-0.2, -0.15) is 0 Å². The van der Waals surface area contributed by atoms with Crippen LogP contribution in [0.4, 0.5) is 10.1 Å². The lowest BCUT2D eigenvalue weighted by atomic mass is 10.1. The van der Waals surface area contributed by atoms with Crippen LogP contribution >= 0.6 is 0 Å². The SMILES string of the molecule is O=C(Nc1cc(-c2nnc3n2CCCCC3)ccc1F)C1COc2ccccc2O1. The first-order valence-corrected chi connectivity index (χ1v) is 10.1. The maximum absolute atomic E-state index is 14.5. The van der Waals surface area contributed by atoms with E-state index in [9.17, 15) is 9.18 Å². The topological polar surface area (TPSA) is 78.3 Å². The number of rotatable bonds is 3. The molecule has 1 unspecified atom stereocenters. The highest BCUT2D eigenvalue weighted by Gasteiger charge is 2.28. The Kier molecular flexibility index (Phi) is 4.82. The number of amides is 1. The number of aryl methyl sites for hydroxylation is 1. The van der Waals surface area contributed by atoms with Gasteiger partial charge < -0.3 is 19.4 Å². The van der Waals surface area contributed by atoms with Crippen LogP contribution < -0.4 is 14.8 Å². The first kappa shape index (κ1) is 18.6. The molecule has 2 aromatic carbocycles. The zero-order valence-corrected chi connectivity index (χ0v) is 16.3. The van der Waals surface area contributed by atoms with E-state index in [4.69, 9.17) is 9.47 Å². The number of carbonyl (C=O) groups excluding carboxylic acids is 1. The molecule has 2 aliphatic heterocycles. The molecule has 2 aliphatic rings. The number of nitrogens with zero attached hydrogens (tertiary/aromatic N) is 3. The predicted molar refractivity (Wildman–Crippen MR) is 108 cm³/mol. The standard InChI is InChI=1S/C22H21FN4O3/c23-15-10-9-14(21-26-25-20-8-2-1-5-11-27(20)21)12-16(15)24-22(28)19-13-29-17-6-3-4-7-18(17)30-19/h3-4,6-7,9-10,12,19H,1-2,5,8,11,13H2,(H,24,28). The van der Waals surface area contributed by atoms with Crippen molar-refractivity contribution in [1.82, 2.24) is 14.8 Å². The van der Waals surface area contributed by atoms with Crippen LogP contribution in [-0.4, -0.2) is 33.4 Å². The molecule has 1 atom stereocenters. The van der Waals surface area contributed by atoms with Gasteiger partial charge in [-0.15, -0.1) is 10.2 Å². The van der Waals surface area contributed by atoms with Crippen molar-refractivity contribution in [1.29, 1.82) is 0 Å². The first-order chi connectivity index (χ1) is 14.7. The molecule has 0 radical (unpaired) electrons. The van der Waals surface area contributed by atoms with Crippen molar-refractivity contribution in [2.45, 2.75) is 38.3 Å². The lowest BCUT2D eigenvalue weighted by molar-refractivity contribution is -0.125. The van der Waals surface area contributed by atoms with Crippen LogP contribution in [0, 0.1) is 5.82 Å². The number of benzene rings is 2. The fourth-order valence-electron chi connectivity index (χ4n) is 3.82. The number of fused-ring (bicyclic) bond motifs is 2. The molecule has 154 valence electrons. The van der Waals surface area contributed by atoms with Gasteiger partial charge in [0.15, 0.2) is 17.3 Å². The van der Waals surface area contributed by atoms with Crippen molar-refractivity contribution in [2.75, 3.05) is 11.9 Å². The van der Waals surface area contributed by atoms with Crippen LogP contribution in [0.25, 0.3) is 11.4 Å². The Morgan fingerprint density at radius 2 is 1.97 bits per heavy atom. The minimum Gasteiger partial charge on any atom is -0.485 e. The Bertz CT molecular complexity index is 1100. The van der Waals surface area contributed by atoms with Gasteiger partial charge in [0.2, 0.25) is 6.10 Å². The number of ether oxygens (including phenoxy) is 2. The van der Waals surface area contributed by atoms with Crippen molar-refractivity contribution in [3.05, 3.63) is 54.1 Å². The summed E-state index contributed by atoms with van der Waals surface area (Å²) in [4.78, 5) is 12.7. The van der Waals surface area contributed by atoms with Crippen LogP contribution in [-0.2, 0) is 17.8 Å². The summed E-state index contributed by atoms with van der Waals surface area (Å²) in [6, 6.07) is 11.7. The fraction of sp³-hybridized carbons (Fsp3) is 0.318. The van der Waals surface area contributed by atoms with Gasteiger partial charge in [0.25, 0.3) is 5.91 Å². The molecule has 3 heterocycles. The van der Waals surface area contributed by atoms with Crippen LogP contribution in [0.1, 0.15) is 25.1 Å². The number of hydrogen-bond acceptors (Lipinski definition) is 5. The zero-order valence-electron chi connectivity index (χ0n) is 16.3. The molecule has 1 aromatic heterocycles. The van der Waals surface area contributed by atoms with E-state index >= 15 is 0 Å². The molecule has 3 aromatic rings. The summed E-state index contributed by atoms with van der Waals surface area (Å²) in [6.07, 6.45) is 3.32. The van der Waals surface area contributed by atoms with Crippen molar-refractivity contribution >= 4 is 11.6 Å². The number of aromatic nitrogens is 3. The molecule has 0 spiro atoms. The van der Waals surface area contributed by atoms with Crippen molar-refractivity contribution < 1.29 is 18.7 Å². The average Bonchev–Trinajstić information content (AvgIpc) is 3.03. The second-order valence-electron chi connectivity index (χ2n) is 7.45. The monoisotopic (exact) mass is 408 g/mol. The lowest BCUT2D eigenvalue weighted by Gasteiger charge is -2.25. The van der Waals surface area contributed by atoms with E-state index in [1.54, 1.807) is 30.3 Å². The summed E-state index contributed by atoms with van der Waals surface area (Å²) in [6.45, 7) is 0.894. The van der Waals surface area contributed by atoms with E-state index in [2.05, 4.69) is 20.1 Å². The number of halogens is 1. The predicted octanol–water partition coefficient (Wildman–Crippen LogP) is 3.59. The molecular weight excluding hydrogens is 387 g/mol. The number of para-hydroxylation sites is 2. The van der Waals surface area contributed by atoms with Gasteiger partial charge in [-0.1, -0.05) is 18.6 Å². The number of anilines is 1. The smallest absolute Gasteiger partial charge is 0.269 e. The van der Waals surface area contributed by atoms with Gasteiger partial charge in [-0.25, -0.2) is 4.39 Å². The molecule has 0 saturated carbocycles. The van der Waals surface area contributed by atoms with Gasteiger partial charge in [0, 0.05) is 18.5 Å². The second-order valence-corrected chi connectivity index (χ2v) is 7.45. The van der Waals surface area contributed by atoms with Gasteiger partial charge in [0.05, 0.1) is 5.69 Å². The maximum atomic E-state index is 14.5. The van der Waals surface area contributed by atoms with E-state index in [-0.39, 0.29) is 12.3 Å². The molecule has 0 bridgehead atoms. The van der Waals surface area contributed by atoms with Crippen LogP contribution in [0.15, 0.2) is 42.5 Å². The minimum atomic E-state index is -0.868. The van der Waals surface area contributed by atoms with E-state index in [1.807, 2.05) is 6.07 Å². The van der Waals surface area contributed by atoms with E-state index in [1.165, 1.54) is 6.07 Å². The summed E-state index contributed by atoms with van der Waals surface area (Å²) >= 11 is 0. The summed E-state index contributed by atoms with van der Waals surface area (Å²) in [5, 5.41) is 11.2. The summed E-state index contributed by atoms with van der Waals surface area (Å²) in [5.74, 6) is 1.71. The van der Waals surface area contributed by atoms with Gasteiger partial charge in [-0.3, -0.25) is 4.79 Å². The van der Waals surface area contributed by atoms with Crippen LogP contribution in [0.3, 0.4) is 0 Å². The maximum Gasteiger partial charge on any atom is 0.269 e.